The molecule has 9 nitrogen and oxygen atoms in total. The first-order valence-corrected chi connectivity index (χ1v) is 9.30. The number of aromatic hydroxyl groups is 1. The van der Waals surface area contributed by atoms with E-state index in [1.807, 2.05) is 13.8 Å². The van der Waals surface area contributed by atoms with Crippen LogP contribution in [-0.4, -0.2) is 63.6 Å². The van der Waals surface area contributed by atoms with Crippen LogP contribution in [0.5, 0.6) is 11.5 Å². The number of amides is 1. The summed E-state index contributed by atoms with van der Waals surface area (Å²) in [6, 6.07) is 4.62. The zero-order valence-electron chi connectivity index (χ0n) is 15.9. The number of hydrogen-bond donors (Lipinski definition) is 2. The van der Waals surface area contributed by atoms with Crippen molar-refractivity contribution in [2.45, 2.75) is 19.9 Å². The maximum absolute atomic E-state index is 13.4. The van der Waals surface area contributed by atoms with Gasteiger partial charge in [-0.2, -0.15) is 10.1 Å². The first-order valence-electron chi connectivity index (χ1n) is 9.30. The number of allylic oxidation sites excluding steroid dienone is 1. The normalized spacial score (nSPS) is 19.2. The molecular formula is C19H23N5O4. The molecular weight excluding hydrogens is 362 g/mol. The second kappa shape index (κ2) is 7.51. The fraction of sp³-hybridized carbons (Fsp3) is 0.421. The summed E-state index contributed by atoms with van der Waals surface area (Å²) in [6.07, 6.45) is 1.45. The van der Waals surface area contributed by atoms with Crippen molar-refractivity contribution in [3.8, 4) is 11.5 Å². The molecule has 9 heteroatoms. The third kappa shape index (κ3) is 3.18. The Morgan fingerprint density at radius 2 is 2.18 bits per heavy atom. The molecule has 28 heavy (non-hydrogen) atoms. The predicted molar refractivity (Wildman–Crippen MR) is 101 cm³/mol. The van der Waals surface area contributed by atoms with Crippen molar-refractivity contribution >= 4 is 11.9 Å². The van der Waals surface area contributed by atoms with Crippen LogP contribution >= 0.6 is 0 Å². The Morgan fingerprint density at radius 3 is 2.93 bits per heavy atom. The standard InChI is InChI=1S/C19H23N5O4/c1-3-28-15-10-13(4-5-14(15)25)17-16(18(26)23-6-8-27-9-7-23)12(2)22-19-20-11-21-24(17)19/h4-5,10-11,17,25H,3,6-9H2,1-2H3,(H,20,21,22)/t17-/m1/s1. The molecule has 0 saturated carbocycles. The number of aromatic nitrogens is 3. The predicted octanol–water partition coefficient (Wildman–Crippen LogP) is 1.53. The number of carbonyl (C=O) groups excluding carboxylic acids is 1. The molecule has 148 valence electrons. The number of anilines is 1. The summed E-state index contributed by atoms with van der Waals surface area (Å²) in [4.78, 5) is 19.4. The molecule has 0 unspecified atom stereocenters. The Labute approximate surface area is 162 Å². The molecule has 1 aromatic heterocycles. The van der Waals surface area contributed by atoms with Crippen molar-refractivity contribution < 1.29 is 19.4 Å². The van der Waals surface area contributed by atoms with Crippen LogP contribution in [0.4, 0.5) is 5.95 Å². The van der Waals surface area contributed by atoms with Crippen LogP contribution in [0.3, 0.4) is 0 Å². The molecule has 1 atom stereocenters. The van der Waals surface area contributed by atoms with Crippen LogP contribution in [0.15, 0.2) is 35.8 Å². The lowest BCUT2D eigenvalue weighted by molar-refractivity contribution is -0.131. The van der Waals surface area contributed by atoms with E-state index in [1.54, 1.807) is 27.8 Å². The molecule has 0 radical (unpaired) electrons. The monoisotopic (exact) mass is 385 g/mol. The zero-order valence-corrected chi connectivity index (χ0v) is 15.9. The van der Waals surface area contributed by atoms with E-state index in [9.17, 15) is 9.90 Å². The molecule has 2 aliphatic heterocycles. The van der Waals surface area contributed by atoms with Gasteiger partial charge in [-0.1, -0.05) is 6.07 Å². The van der Waals surface area contributed by atoms with E-state index in [4.69, 9.17) is 9.47 Å². The van der Waals surface area contributed by atoms with E-state index >= 15 is 0 Å². The van der Waals surface area contributed by atoms with Crippen LogP contribution in [0.1, 0.15) is 25.5 Å². The molecule has 1 amide bonds. The van der Waals surface area contributed by atoms with Crippen LogP contribution in [0, 0.1) is 0 Å². The van der Waals surface area contributed by atoms with Gasteiger partial charge in [0.05, 0.1) is 25.4 Å². The molecule has 2 aromatic rings. The Hall–Kier alpha value is -3.07. The quantitative estimate of drug-likeness (QED) is 0.823. The summed E-state index contributed by atoms with van der Waals surface area (Å²) in [7, 11) is 0. The number of benzene rings is 1. The van der Waals surface area contributed by atoms with Gasteiger partial charge in [0.2, 0.25) is 5.95 Å². The Kier molecular flexibility index (Phi) is 4.91. The van der Waals surface area contributed by atoms with Crippen molar-refractivity contribution in [1.82, 2.24) is 19.7 Å². The van der Waals surface area contributed by atoms with E-state index in [2.05, 4.69) is 15.4 Å². The molecule has 1 fully saturated rings. The fourth-order valence-electron chi connectivity index (χ4n) is 3.58. The van der Waals surface area contributed by atoms with Crippen molar-refractivity contribution in [2.75, 3.05) is 38.2 Å². The number of nitrogens with one attached hydrogen (secondary N) is 1. The highest BCUT2D eigenvalue weighted by Crippen LogP contribution is 2.38. The second-order valence-electron chi connectivity index (χ2n) is 6.66. The van der Waals surface area contributed by atoms with Gasteiger partial charge in [-0.05, 0) is 31.5 Å². The van der Waals surface area contributed by atoms with Crippen molar-refractivity contribution in [2.24, 2.45) is 0 Å². The van der Waals surface area contributed by atoms with Gasteiger partial charge in [0.25, 0.3) is 5.91 Å². The van der Waals surface area contributed by atoms with Crippen LogP contribution in [0.2, 0.25) is 0 Å². The lowest BCUT2D eigenvalue weighted by Gasteiger charge is -2.34. The highest BCUT2D eigenvalue weighted by atomic mass is 16.5. The van der Waals surface area contributed by atoms with Crippen LogP contribution in [0.25, 0.3) is 0 Å². The third-order valence-corrected chi connectivity index (χ3v) is 4.92. The van der Waals surface area contributed by atoms with Crippen LogP contribution < -0.4 is 10.1 Å². The largest absolute Gasteiger partial charge is 0.504 e. The van der Waals surface area contributed by atoms with Crippen molar-refractivity contribution in [3.05, 3.63) is 41.4 Å². The van der Waals surface area contributed by atoms with Gasteiger partial charge in [-0.3, -0.25) is 4.79 Å². The summed E-state index contributed by atoms with van der Waals surface area (Å²) in [5.41, 5.74) is 2.10. The number of phenolic OH excluding ortho intramolecular Hbond substituents is 1. The van der Waals surface area contributed by atoms with Gasteiger partial charge < -0.3 is 24.8 Å². The highest BCUT2D eigenvalue weighted by molar-refractivity contribution is 5.96. The van der Waals surface area contributed by atoms with Gasteiger partial charge in [-0.25, -0.2) is 4.68 Å². The number of ether oxygens (including phenoxy) is 2. The third-order valence-electron chi connectivity index (χ3n) is 4.92. The van der Waals surface area contributed by atoms with Crippen LogP contribution in [-0.2, 0) is 9.53 Å². The van der Waals surface area contributed by atoms with Crippen molar-refractivity contribution in [1.29, 1.82) is 0 Å². The SMILES string of the molecule is CCOc1cc([C@@H]2C(C(=O)N3CCOCC3)=C(C)Nc3ncnn32)ccc1O. The topological polar surface area (TPSA) is 102 Å². The summed E-state index contributed by atoms with van der Waals surface area (Å²) >= 11 is 0. The molecule has 0 spiro atoms. The molecule has 2 N–H and O–H groups in total. The highest BCUT2D eigenvalue weighted by Gasteiger charge is 2.36. The smallest absolute Gasteiger partial charge is 0.254 e. The summed E-state index contributed by atoms with van der Waals surface area (Å²) in [5.74, 6) is 0.925. The lowest BCUT2D eigenvalue weighted by Crippen LogP contribution is -2.44. The summed E-state index contributed by atoms with van der Waals surface area (Å²) in [5, 5.41) is 17.6. The summed E-state index contributed by atoms with van der Waals surface area (Å²) < 4.78 is 12.6. The van der Waals surface area contributed by atoms with E-state index in [1.165, 1.54) is 6.33 Å². The molecule has 3 heterocycles. The number of hydrogen-bond acceptors (Lipinski definition) is 7. The first-order chi connectivity index (χ1) is 13.6. The van der Waals surface area contributed by atoms with Gasteiger partial charge in [0, 0.05) is 18.8 Å². The van der Waals surface area contributed by atoms with Crippen molar-refractivity contribution in [3.63, 3.8) is 0 Å². The van der Waals surface area contributed by atoms with E-state index in [0.717, 1.165) is 11.3 Å². The first kappa shape index (κ1) is 18.3. The molecule has 2 aliphatic rings. The number of morpholine rings is 1. The lowest BCUT2D eigenvalue weighted by atomic mass is 9.94. The minimum atomic E-state index is -0.478. The van der Waals surface area contributed by atoms with Gasteiger partial charge >= 0.3 is 0 Å². The van der Waals surface area contributed by atoms with E-state index < -0.39 is 6.04 Å². The molecule has 1 saturated heterocycles. The fourth-order valence-corrected chi connectivity index (χ4v) is 3.58. The Bertz CT molecular complexity index is 917. The Morgan fingerprint density at radius 1 is 1.39 bits per heavy atom. The maximum Gasteiger partial charge on any atom is 0.254 e. The molecule has 0 bridgehead atoms. The molecule has 4 rings (SSSR count). The van der Waals surface area contributed by atoms with Gasteiger partial charge in [0.15, 0.2) is 11.5 Å². The minimum absolute atomic E-state index is 0.0557. The number of rotatable bonds is 4. The van der Waals surface area contributed by atoms with Gasteiger partial charge in [-0.15, -0.1) is 0 Å². The average molecular weight is 385 g/mol. The minimum Gasteiger partial charge on any atom is -0.504 e. The number of carbonyl (C=O) groups is 1. The van der Waals surface area contributed by atoms with E-state index in [0.29, 0.717) is 50.2 Å². The Balaban J connectivity index is 1.79. The molecule has 0 aliphatic carbocycles. The zero-order chi connectivity index (χ0) is 19.7. The maximum atomic E-state index is 13.4. The number of fused-ring (bicyclic) bond motifs is 1. The second-order valence-corrected chi connectivity index (χ2v) is 6.66. The number of nitrogens with zero attached hydrogens (tertiary/aromatic N) is 4. The average Bonchev–Trinajstić information content (AvgIpc) is 3.17. The molecule has 1 aromatic carbocycles. The number of phenols is 1. The van der Waals surface area contributed by atoms with Gasteiger partial charge in [0.1, 0.15) is 12.4 Å². The summed E-state index contributed by atoms with van der Waals surface area (Å²) in [6.45, 7) is 6.29. The van der Waals surface area contributed by atoms with E-state index in [-0.39, 0.29) is 11.7 Å².